The summed E-state index contributed by atoms with van der Waals surface area (Å²) in [6, 6.07) is -0.600. The summed E-state index contributed by atoms with van der Waals surface area (Å²) in [6.07, 6.45) is 0. The standard InChI is InChI=1S/C13H26N2O3/c1-9(2)11(12(17)18-13(3,4)5)14-10(16)8-15(6)7/h9,11H,8H2,1-7H3,(H,14,16)/t11-/m1/s1. The SMILES string of the molecule is CC(C)[C@@H](NC(=O)CN(C)C)C(=O)OC(C)(C)C. The molecule has 0 aromatic heterocycles. The van der Waals surface area contributed by atoms with Crippen LogP contribution in [0.15, 0.2) is 0 Å². The number of amides is 1. The Morgan fingerprint density at radius 3 is 2.06 bits per heavy atom. The topological polar surface area (TPSA) is 58.6 Å². The predicted molar refractivity (Wildman–Crippen MR) is 71.2 cm³/mol. The first kappa shape index (κ1) is 16.9. The summed E-state index contributed by atoms with van der Waals surface area (Å²) in [5.41, 5.74) is -0.545. The average Bonchev–Trinajstić information content (AvgIpc) is 2.09. The first-order valence-electron chi connectivity index (χ1n) is 6.20. The third kappa shape index (κ3) is 7.27. The summed E-state index contributed by atoms with van der Waals surface area (Å²) in [5.74, 6) is -0.569. The molecule has 0 spiro atoms. The monoisotopic (exact) mass is 258 g/mol. The van der Waals surface area contributed by atoms with Crippen molar-refractivity contribution in [2.75, 3.05) is 20.6 Å². The van der Waals surface area contributed by atoms with E-state index in [1.165, 1.54) is 0 Å². The van der Waals surface area contributed by atoms with E-state index in [-0.39, 0.29) is 24.3 Å². The second-order valence-corrected chi connectivity index (χ2v) is 6.06. The zero-order chi connectivity index (χ0) is 14.5. The second-order valence-electron chi connectivity index (χ2n) is 6.06. The van der Waals surface area contributed by atoms with Crippen LogP contribution >= 0.6 is 0 Å². The van der Waals surface area contributed by atoms with E-state index in [4.69, 9.17) is 4.74 Å². The van der Waals surface area contributed by atoms with Crippen LogP contribution in [0, 0.1) is 5.92 Å². The number of ether oxygens (including phenoxy) is 1. The van der Waals surface area contributed by atoms with Gasteiger partial charge < -0.3 is 15.0 Å². The Balaban J connectivity index is 4.58. The Hall–Kier alpha value is -1.10. The van der Waals surface area contributed by atoms with Gasteiger partial charge in [0.05, 0.1) is 6.54 Å². The van der Waals surface area contributed by atoms with Crippen molar-refractivity contribution >= 4 is 11.9 Å². The van der Waals surface area contributed by atoms with Crippen LogP contribution in [0.25, 0.3) is 0 Å². The molecule has 5 nitrogen and oxygen atoms in total. The maximum absolute atomic E-state index is 12.0. The van der Waals surface area contributed by atoms with Crippen LogP contribution in [0.2, 0.25) is 0 Å². The lowest BCUT2D eigenvalue weighted by molar-refractivity contribution is -0.160. The molecule has 0 aliphatic heterocycles. The van der Waals surface area contributed by atoms with E-state index in [1.54, 1.807) is 19.0 Å². The van der Waals surface area contributed by atoms with Gasteiger partial charge in [0, 0.05) is 0 Å². The van der Waals surface area contributed by atoms with E-state index in [0.717, 1.165) is 0 Å². The Kier molecular flexibility index (Phi) is 6.32. The molecule has 0 aliphatic carbocycles. The van der Waals surface area contributed by atoms with Crippen molar-refractivity contribution in [2.24, 2.45) is 5.92 Å². The molecule has 0 rings (SSSR count). The van der Waals surface area contributed by atoms with Crippen molar-refractivity contribution < 1.29 is 14.3 Å². The van der Waals surface area contributed by atoms with Crippen molar-refractivity contribution in [3.05, 3.63) is 0 Å². The number of rotatable bonds is 5. The Labute approximate surface area is 110 Å². The number of esters is 1. The number of hydrogen-bond acceptors (Lipinski definition) is 4. The molecule has 0 aliphatic rings. The van der Waals surface area contributed by atoms with Crippen LogP contribution in [0.3, 0.4) is 0 Å². The third-order valence-electron chi connectivity index (χ3n) is 2.10. The van der Waals surface area contributed by atoms with E-state index >= 15 is 0 Å². The highest BCUT2D eigenvalue weighted by molar-refractivity contribution is 5.85. The Morgan fingerprint density at radius 2 is 1.72 bits per heavy atom. The smallest absolute Gasteiger partial charge is 0.329 e. The Bertz CT molecular complexity index is 293. The molecule has 1 atom stereocenters. The van der Waals surface area contributed by atoms with Gasteiger partial charge in [-0.05, 0) is 40.8 Å². The van der Waals surface area contributed by atoms with E-state index in [0.29, 0.717) is 0 Å². The van der Waals surface area contributed by atoms with Gasteiger partial charge in [-0.25, -0.2) is 4.79 Å². The predicted octanol–water partition coefficient (Wildman–Crippen LogP) is 1.03. The average molecular weight is 258 g/mol. The van der Waals surface area contributed by atoms with Gasteiger partial charge in [-0.1, -0.05) is 13.8 Å². The van der Waals surface area contributed by atoms with Crippen LogP contribution in [0.5, 0.6) is 0 Å². The van der Waals surface area contributed by atoms with Gasteiger partial charge >= 0.3 is 5.97 Å². The van der Waals surface area contributed by atoms with Crippen LogP contribution in [0.4, 0.5) is 0 Å². The molecule has 0 aromatic rings. The van der Waals surface area contributed by atoms with Crippen molar-refractivity contribution in [1.29, 1.82) is 0 Å². The molecule has 0 saturated carbocycles. The minimum absolute atomic E-state index is 0.00837. The minimum atomic E-state index is -0.600. The molecule has 1 amide bonds. The van der Waals surface area contributed by atoms with Gasteiger partial charge in [0.15, 0.2) is 0 Å². The number of nitrogens with zero attached hydrogens (tertiary/aromatic N) is 1. The highest BCUT2D eigenvalue weighted by Crippen LogP contribution is 2.12. The maximum Gasteiger partial charge on any atom is 0.329 e. The second kappa shape index (κ2) is 6.73. The van der Waals surface area contributed by atoms with Crippen LogP contribution in [-0.4, -0.2) is 49.1 Å². The number of nitrogens with one attached hydrogen (secondary N) is 1. The molecular weight excluding hydrogens is 232 g/mol. The van der Waals surface area contributed by atoms with E-state index < -0.39 is 11.6 Å². The molecule has 0 heterocycles. The molecule has 0 fully saturated rings. The number of carbonyl (C=O) groups is 2. The summed E-state index contributed by atoms with van der Waals surface area (Å²) in [6.45, 7) is 9.44. The first-order chi connectivity index (χ1) is 8.03. The summed E-state index contributed by atoms with van der Waals surface area (Å²) in [7, 11) is 3.61. The van der Waals surface area contributed by atoms with E-state index in [2.05, 4.69) is 5.32 Å². The maximum atomic E-state index is 12.0. The van der Waals surface area contributed by atoms with Crippen molar-refractivity contribution in [2.45, 2.75) is 46.3 Å². The van der Waals surface area contributed by atoms with Gasteiger partial charge in [0.1, 0.15) is 11.6 Å². The molecule has 0 bridgehead atoms. The highest BCUT2D eigenvalue weighted by atomic mass is 16.6. The lowest BCUT2D eigenvalue weighted by Gasteiger charge is -2.26. The van der Waals surface area contributed by atoms with Crippen LogP contribution in [-0.2, 0) is 14.3 Å². The lowest BCUT2D eigenvalue weighted by atomic mass is 10.0. The van der Waals surface area contributed by atoms with Gasteiger partial charge in [-0.15, -0.1) is 0 Å². The first-order valence-corrected chi connectivity index (χ1v) is 6.20. The summed E-state index contributed by atoms with van der Waals surface area (Å²) in [5, 5.41) is 2.72. The lowest BCUT2D eigenvalue weighted by Crippen LogP contribution is -2.49. The zero-order valence-electron chi connectivity index (χ0n) is 12.5. The van der Waals surface area contributed by atoms with E-state index in [9.17, 15) is 9.59 Å². The molecule has 0 radical (unpaired) electrons. The van der Waals surface area contributed by atoms with Crippen molar-refractivity contribution in [3.8, 4) is 0 Å². The minimum Gasteiger partial charge on any atom is -0.458 e. The third-order valence-corrected chi connectivity index (χ3v) is 2.10. The zero-order valence-corrected chi connectivity index (χ0v) is 12.5. The van der Waals surface area contributed by atoms with Crippen LogP contribution < -0.4 is 5.32 Å². The quantitative estimate of drug-likeness (QED) is 0.748. The molecule has 0 saturated heterocycles. The summed E-state index contributed by atoms with van der Waals surface area (Å²) < 4.78 is 5.30. The number of hydrogen-bond donors (Lipinski definition) is 1. The largest absolute Gasteiger partial charge is 0.458 e. The van der Waals surface area contributed by atoms with E-state index in [1.807, 2.05) is 34.6 Å². The molecule has 0 aromatic carbocycles. The van der Waals surface area contributed by atoms with Gasteiger partial charge in [-0.3, -0.25) is 4.79 Å². The van der Waals surface area contributed by atoms with Crippen LogP contribution in [0.1, 0.15) is 34.6 Å². The van der Waals surface area contributed by atoms with Gasteiger partial charge in [0.2, 0.25) is 5.91 Å². The van der Waals surface area contributed by atoms with Gasteiger partial charge in [-0.2, -0.15) is 0 Å². The molecule has 5 heteroatoms. The molecule has 0 unspecified atom stereocenters. The van der Waals surface area contributed by atoms with Gasteiger partial charge in [0.25, 0.3) is 0 Å². The summed E-state index contributed by atoms with van der Waals surface area (Å²) >= 11 is 0. The molecule has 1 N–H and O–H groups in total. The molecular formula is C13H26N2O3. The molecule has 106 valence electrons. The Morgan fingerprint density at radius 1 is 1.22 bits per heavy atom. The number of likely N-dealkylation sites (N-methyl/N-ethyl adjacent to an activating group) is 1. The molecule has 18 heavy (non-hydrogen) atoms. The fraction of sp³-hybridized carbons (Fsp3) is 0.846. The number of carbonyl (C=O) groups excluding carboxylic acids is 2. The normalized spacial score (nSPS) is 13.6. The fourth-order valence-corrected chi connectivity index (χ4v) is 1.37. The van der Waals surface area contributed by atoms with Crippen molar-refractivity contribution in [3.63, 3.8) is 0 Å². The summed E-state index contributed by atoms with van der Waals surface area (Å²) in [4.78, 5) is 25.4. The fourth-order valence-electron chi connectivity index (χ4n) is 1.37. The highest BCUT2D eigenvalue weighted by Gasteiger charge is 2.29. The van der Waals surface area contributed by atoms with Crippen molar-refractivity contribution in [1.82, 2.24) is 10.2 Å².